The number of hydrogen-bond acceptors (Lipinski definition) is 4. The van der Waals surface area contributed by atoms with Crippen LogP contribution in [0.25, 0.3) is 0 Å². The first kappa shape index (κ1) is 12.9. The fourth-order valence-electron chi connectivity index (χ4n) is 1.56. The molecular formula is C13H15ClN2O2. The average Bonchev–Trinajstić information content (AvgIpc) is 2.73. The van der Waals surface area contributed by atoms with Gasteiger partial charge in [0, 0.05) is 12.1 Å². The Morgan fingerprint density at radius 1 is 1.44 bits per heavy atom. The maximum atomic E-state index is 6.12. The molecule has 1 heterocycles. The number of halogens is 1. The van der Waals surface area contributed by atoms with Crippen molar-refractivity contribution in [3.63, 3.8) is 0 Å². The van der Waals surface area contributed by atoms with E-state index in [9.17, 15) is 0 Å². The second kappa shape index (κ2) is 5.42. The van der Waals surface area contributed by atoms with Gasteiger partial charge in [-0.15, -0.1) is 0 Å². The topological polar surface area (TPSA) is 61.3 Å². The molecule has 2 aromatic rings. The molecule has 0 amide bonds. The minimum atomic E-state index is -0.0465. The summed E-state index contributed by atoms with van der Waals surface area (Å²) in [6.07, 6.45) is 0. The molecule has 18 heavy (non-hydrogen) atoms. The highest BCUT2D eigenvalue weighted by atomic mass is 35.5. The van der Waals surface area contributed by atoms with E-state index in [1.54, 1.807) is 0 Å². The summed E-state index contributed by atoms with van der Waals surface area (Å²) in [6, 6.07) is 7.31. The van der Waals surface area contributed by atoms with Gasteiger partial charge in [-0.1, -0.05) is 22.8 Å². The zero-order chi connectivity index (χ0) is 13.1. The monoisotopic (exact) mass is 266 g/mol. The molecule has 0 fully saturated rings. The Morgan fingerprint density at radius 3 is 2.78 bits per heavy atom. The van der Waals surface area contributed by atoms with Crippen LogP contribution < -0.4 is 10.5 Å². The van der Waals surface area contributed by atoms with Crippen LogP contribution >= 0.6 is 11.6 Å². The van der Waals surface area contributed by atoms with Gasteiger partial charge in [0.05, 0.1) is 5.02 Å². The molecule has 0 aliphatic rings. The lowest BCUT2D eigenvalue weighted by Gasteiger charge is -2.10. The SMILES string of the molecule is Cc1cc(COc2ccc([C@@H](C)N)cc2Cl)no1. The first-order valence-electron chi connectivity index (χ1n) is 5.66. The summed E-state index contributed by atoms with van der Waals surface area (Å²) in [5.41, 5.74) is 7.49. The molecule has 2 N–H and O–H groups in total. The smallest absolute Gasteiger partial charge is 0.138 e. The molecule has 0 bridgehead atoms. The van der Waals surface area contributed by atoms with Gasteiger partial charge in [0.2, 0.25) is 0 Å². The van der Waals surface area contributed by atoms with Crippen molar-refractivity contribution in [2.45, 2.75) is 26.5 Å². The Bertz CT molecular complexity index is 538. The maximum absolute atomic E-state index is 6.12. The van der Waals surface area contributed by atoms with Crippen molar-refractivity contribution in [1.29, 1.82) is 0 Å². The first-order valence-corrected chi connectivity index (χ1v) is 6.04. The van der Waals surface area contributed by atoms with E-state index in [2.05, 4.69) is 5.16 Å². The second-order valence-electron chi connectivity index (χ2n) is 4.20. The minimum absolute atomic E-state index is 0.0465. The van der Waals surface area contributed by atoms with E-state index in [1.807, 2.05) is 38.1 Å². The number of aryl methyl sites for hydroxylation is 1. The van der Waals surface area contributed by atoms with E-state index in [0.717, 1.165) is 17.0 Å². The summed E-state index contributed by atoms with van der Waals surface area (Å²) in [7, 11) is 0. The molecular weight excluding hydrogens is 252 g/mol. The van der Waals surface area contributed by atoms with Gasteiger partial charge < -0.3 is 15.0 Å². The second-order valence-corrected chi connectivity index (χ2v) is 4.60. The van der Waals surface area contributed by atoms with E-state index in [0.29, 0.717) is 17.4 Å². The van der Waals surface area contributed by atoms with Gasteiger partial charge in [-0.05, 0) is 31.5 Å². The lowest BCUT2D eigenvalue weighted by molar-refractivity contribution is 0.288. The largest absolute Gasteiger partial charge is 0.486 e. The molecule has 1 aromatic carbocycles. The number of aromatic nitrogens is 1. The predicted molar refractivity (Wildman–Crippen MR) is 69.6 cm³/mol. The van der Waals surface area contributed by atoms with Crippen LogP contribution in [0.5, 0.6) is 5.75 Å². The molecule has 0 spiro atoms. The van der Waals surface area contributed by atoms with Crippen molar-refractivity contribution < 1.29 is 9.26 Å². The van der Waals surface area contributed by atoms with Crippen LogP contribution in [0, 0.1) is 6.92 Å². The van der Waals surface area contributed by atoms with Gasteiger partial charge in [0.25, 0.3) is 0 Å². The van der Waals surface area contributed by atoms with Crippen LogP contribution in [0.4, 0.5) is 0 Å². The molecule has 2 rings (SSSR count). The Morgan fingerprint density at radius 2 is 2.22 bits per heavy atom. The summed E-state index contributed by atoms with van der Waals surface area (Å²) in [5.74, 6) is 1.37. The molecule has 1 aromatic heterocycles. The van der Waals surface area contributed by atoms with Crippen LogP contribution in [-0.4, -0.2) is 5.16 Å². The number of nitrogens with zero attached hydrogens (tertiary/aromatic N) is 1. The van der Waals surface area contributed by atoms with Gasteiger partial charge in [-0.3, -0.25) is 0 Å². The Kier molecular flexibility index (Phi) is 3.89. The third-order valence-corrected chi connectivity index (χ3v) is 2.83. The average molecular weight is 267 g/mol. The van der Waals surface area contributed by atoms with Gasteiger partial charge in [0.1, 0.15) is 23.8 Å². The van der Waals surface area contributed by atoms with E-state index in [1.165, 1.54) is 0 Å². The molecule has 0 unspecified atom stereocenters. The summed E-state index contributed by atoms with van der Waals surface area (Å²) in [4.78, 5) is 0. The van der Waals surface area contributed by atoms with Gasteiger partial charge in [-0.25, -0.2) is 0 Å². The molecule has 0 radical (unpaired) electrons. The van der Waals surface area contributed by atoms with Crippen LogP contribution in [0.1, 0.15) is 30.0 Å². The third-order valence-electron chi connectivity index (χ3n) is 2.53. The number of benzene rings is 1. The molecule has 4 nitrogen and oxygen atoms in total. The van der Waals surface area contributed by atoms with E-state index in [4.69, 9.17) is 26.6 Å². The molecule has 96 valence electrons. The van der Waals surface area contributed by atoms with Crippen LogP contribution in [0.2, 0.25) is 5.02 Å². The van der Waals surface area contributed by atoms with Crippen LogP contribution in [-0.2, 0) is 6.61 Å². The van der Waals surface area contributed by atoms with Gasteiger partial charge in [0.15, 0.2) is 0 Å². The maximum Gasteiger partial charge on any atom is 0.138 e. The normalized spacial score (nSPS) is 12.4. The first-order chi connectivity index (χ1) is 8.56. The zero-order valence-corrected chi connectivity index (χ0v) is 11.1. The van der Waals surface area contributed by atoms with E-state index < -0.39 is 0 Å². The number of hydrogen-bond donors (Lipinski definition) is 1. The summed E-state index contributed by atoms with van der Waals surface area (Å²) < 4.78 is 10.5. The van der Waals surface area contributed by atoms with Gasteiger partial charge in [-0.2, -0.15) is 0 Å². The number of ether oxygens (including phenoxy) is 1. The van der Waals surface area contributed by atoms with Crippen molar-refractivity contribution >= 4 is 11.6 Å². The van der Waals surface area contributed by atoms with Crippen molar-refractivity contribution in [3.05, 3.63) is 46.3 Å². The fourth-order valence-corrected chi connectivity index (χ4v) is 1.80. The van der Waals surface area contributed by atoms with Crippen molar-refractivity contribution in [3.8, 4) is 5.75 Å². The lowest BCUT2D eigenvalue weighted by Crippen LogP contribution is -2.05. The fraction of sp³-hybridized carbons (Fsp3) is 0.308. The molecule has 0 saturated heterocycles. The van der Waals surface area contributed by atoms with Crippen molar-refractivity contribution in [1.82, 2.24) is 5.16 Å². The van der Waals surface area contributed by atoms with E-state index in [-0.39, 0.29) is 6.04 Å². The van der Waals surface area contributed by atoms with Crippen LogP contribution in [0.15, 0.2) is 28.8 Å². The Hall–Kier alpha value is -1.52. The quantitative estimate of drug-likeness (QED) is 0.923. The highest BCUT2D eigenvalue weighted by Gasteiger charge is 2.07. The Labute approximate surface area is 111 Å². The number of nitrogens with two attached hydrogens (primary N) is 1. The van der Waals surface area contributed by atoms with Crippen molar-refractivity contribution in [2.75, 3.05) is 0 Å². The molecule has 0 saturated carbocycles. The van der Waals surface area contributed by atoms with Crippen molar-refractivity contribution in [2.24, 2.45) is 5.73 Å². The summed E-state index contributed by atoms with van der Waals surface area (Å²) >= 11 is 6.12. The van der Waals surface area contributed by atoms with E-state index >= 15 is 0 Å². The highest BCUT2D eigenvalue weighted by molar-refractivity contribution is 6.32. The summed E-state index contributed by atoms with van der Waals surface area (Å²) in [6.45, 7) is 4.07. The standard InChI is InChI=1S/C13H15ClN2O2/c1-8-5-11(16-18-8)7-17-13-4-3-10(9(2)15)6-12(13)14/h3-6,9H,7,15H2,1-2H3/t9-/m1/s1. The van der Waals surface area contributed by atoms with Gasteiger partial charge >= 0.3 is 0 Å². The predicted octanol–water partition coefficient (Wildman–Crippen LogP) is 3.24. The highest BCUT2D eigenvalue weighted by Crippen LogP contribution is 2.27. The zero-order valence-electron chi connectivity index (χ0n) is 10.3. The molecule has 1 atom stereocenters. The number of rotatable bonds is 4. The van der Waals surface area contributed by atoms with Crippen LogP contribution in [0.3, 0.4) is 0 Å². The summed E-state index contributed by atoms with van der Waals surface area (Å²) in [5, 5.41) is 4.39. The third kappa shape index (κ3) is 3.03. The molecule has 5 heteroatoms. The Balaban J connectivity index is 2.05. The minimum Gasteiger partial charge on any atom is -0.486 e. The molecule has 0 aliphatic carbocycles. The lowest BCUT2D eigenvalue weighted by atomic mass is 10.1. The molecule has 0 aliphatic heterocycles.